The minimum absolute atomic E-state index is 0.160. The van der Waals surface area contributed by atoms with Crippen LogP contribution in [0.3, 0.4) is 0 Å². The number of nitrogens with one attached hydrogen (secondary N) is 1. The Morgan fingerprint density at radius 1 is 1.12 bits per heavy atom. The SMILES string of the molecule is CCN(CC)c1nc(NC(C)C)nc(SN2C(=O)CCCC2=O)n1. The van der Waals surface area contributed by atoms with Crippen LogP contribution >= 0.6 is 11.9 Å². The van der Waals surface area contributed by atoms with Crippen LogP contribution in [0.4, 0.5) is 11.9 Å². The highest BCUT2D eigenvalue weighted by atomic mass is 32.2. The van der Waals surface area contributed by atoms with Gasteiger partial charge in [0, 0.05) is 43.9 Å². The lowest BCUT2D eigenvalue weighted by Crippen LogP contribution is -2.35. The first-order valence-corrected chi connectivity index (χ1v) is 9.03. The van der Waals surface area contributed by atoms with E-state index in [1.165, 1.54) is 4.31 Å². The second-order valence-electron chi connectivity index (χ2n) is 5.74. The Kier molecular flexibility index (Phi) is 6.36. The molecule has 0 unspecified atom stereocenters. The lowest BCUT2D eigenvalue weighted by molar-refractivity contribution is -0.140. The lowest BCUT2D eigenvalue weighted by atomic mass is 10.1. The van der Waals surface area contributed by atoms with Gasteiger partial charge < -0.3 is 10.2 Å². The summed E-state index contributed by atoms with van der Waals surface area (Å²) in [5, 5.41) is 3.50. The molecule has 1 saturated heterocycles. The summed E-state index contributed by atoms with van der Waals surface area (Å²) in [6.45, 7) is 9.54. The number of hydrogen-bond acceptors (Lipinski definition) is 8. The number of anilines is 2. The van der Waals surface area contributed by atoms with E-state index in [-0.39, 0.29) is 17.9 Å². The third-order valence-corrected chi connectivity index (χ3v) is 4.41. The monoisotopic (exact) mass is 352 g/mol. The Balaban J connectivity index is 2.31. The van der Waals surface area contributed by atoms with Crippen LogP contribution in [0.15, 0.2) is 5.16 Å². The molecular weight excluding hydrogens is 328 g/mol. The summed E-state index contributed by atoms with van der Waals surface area (Å²) in [4.78, 5) is 39.2. The fourth-order valence-electron chi connectivity index (χ4n) is 2.27. The second kappa shape index (κ2) is 8.27. The van der Waals surface area contributed by atoms with Gasteiger partial charge in [0.1, 0.15) is 0 Å². The van der Waals surface area contributed by atoms with Crippen LogP contribution in [0.2, 0.25) is 0 Å². The molecule has 0 atom stereocenters. The van der Waals surface area contributed by atoms with Crippen molar-refractivity contribution in [3.8, 4) is 0 Å². The van der Waals surface area contributed by atoms with Gasteiger partial charge >= 0.3 is 0 Å². The first kappa shape index (κ1) is 18.4. The summed E-state index contributed by atoms with van der Waals surface area (Å²) in [6.07, 6.45) is 1.37. The van der Waals surface area contributed by atoms with Crippen LogP contribution in [0.1, 0.15) is 47.0 Å². The maximum atomic E-state index is 12.0. The number of imide groups is 1. The maximum absolute atomic E-state index is 12.0. The number of amides is 2. The Hall–Kier alpha value is -1.90. The summed E-state index contributed by atoms with van der Waals surface area (Å²) < 4.78 is 1.17. The molecule has 0 radical (unpaired) electrons. The number of carbonyl (C=O) groups is 2. The summed E-state index contributed by atoms with van der Waals surface area (Å²) in [5.74, 6) is 0.595. The van der Waals surface area contributed by atoms with Crippen molar-refractivity contribution in [1.82, 2.24) is 19.3 Å². The van der Waals surface area contributed by atoms with Gasteiger partial charge in [-0.3, -0.25) is 9.59 Å². The van der Waals surface area contributed by atoms with Crippen molar-refractivity contribution in [2.45, 2.75) is 58.2 Å². The van der Waals surface area contributed by atoms with Crippen LogP contribution in [-0.2, 0) is 9.59 Å². The van der Waals surface area contributed by atoms with Gasteiger partial charge in [0.25, 0.3) is 0 Å². The van der Waals surface area contributed by atoms with E-state index in [4.69, 9.17) is 0 Å². The van der Waals surface area contributed by atoms with Crippen LogP contribution in [-0.4, -0.2) is 50.2 Å². The molecular formula is C15H24N6O2S. The highest BCUT2D eigenvalue weighted by molar-refractivity contribution is 7.97. The second-order valence-corrected chi connectivity index (χ2v) is 6.65. The quantitative estimate of drug-likeness (QED) is 0.589. The Labute approximate surface area is 146 Å². The Morgan fingerprint density at radius 3 is 2.29 bits per heavy atom. The minimum Gasteiger partial charge on any atom is -0.352 e. The van der Waals surface area contributed by atoms with Crippen molar-refractivity contribution in [2.75, 3.05) is 23.3 Å². The molecule has 9 heteroatoms. The van der Waals surface area contributed by atoms with E-state index >= 15 is 0 Å². The van der Waals surface area contributed by atoms with E-state index in [0.717, 1.165) is 25.0 Å². The smallest absolute Gasteiger partial charge is 0.239 e. The van der Waals surface area contributed by atoms with Gasteiger partial charge in [0.2, 0.25) is 28.9 Å². The van der Waals surface area contributed by atoms with Gasteiger partial charge in [0.15, 0.2) is 0 Å². The normalized spacial score (nSPS) is 15.1. The van der Waals surface area contributed by atoms with E-state index in [1.54, 1.807) is 0 Å². The zero-order valence-corrected chi connectivity index (χ0v) is 15.4. The molecule has 2 rings (SSSR count). The number of piperidine rings is 1. The fourth-order valence-corrected chi connectivity index (χ4v) is 3.07. The Bertz CT molecular complexity index is 590. The number of rotatable bonds is 7. The van der Waals surface area contributed by atoms with Crippen molar-refractivity contribution in [2.24, 2.45) is 0 Å². The first-order valence-electron chi connectivity index (χ1n) is 8.25. The number of nitrogens with zero attached hydrogens (tertiary/aromatic N) is 5. The highest BCUT2D eigenvalue weighted by Crippen LogP contribution is 2.27. The number of aromatic nitrogens is 3. The van der Waals surface area contributed by atoms with Crippen LogP contribution in [0.25, 0.3) is 0 Å². The highest BCUT2D eigenvalue weighted by Gasteiger charge is 2.28. The molecule has 1 aromatic heterocycles. The standard InChI is InChI=1S/C15H24N6O2S/c1-5-20(6-2)14-17-13(16-10(3)4)18-15(19-14)24-21-11(22)8-7-9-12(21)23/h10H,5-9H2,1-4H3,(H,16,17,18,19). The molecule has 1 N–H and O–H groups in total. The van der Waals surface area contributed by atoms with Crippen molar-refractivity contribution in [3.63, 3.8) is 0 Å². The van der Waals surface area contributed by atoms with Crippen molar-refractivity contribution in [1.29, 1.82) is 0 Å². The molecule has 2 heterocycles. The van der Waals surface area contributed by atoms with Gasteiger partial charge in [-0.05, 0) is 34.1 Å². The Morgan fingerprint density at radius 2 is 1.75 bits per heavy atom. The predicted octanol–water partition coefficient (Wildman–Crippen LogP) is 2.08. The molecule has 132 valence electrons. The molecule has 1 aromatic rings. The molecule has 0 bridgehead atoms. The predicted molar refractivity (Wildman–Crippen MR) is 93.7 cm³/mol. The average molecular weight is 352 g/mol. The zero-order chi connectivity index (χ0) is 17.7. The molecule has 2 amide bonds. The molecule has 0 aromatic carbocycles. The minimum atomic E-state index is -0.195. The van der Waals surface area contributed by atoms with E-state index in [2.05, 4.69) is 20.3 Å². The first-order chi connectivity index (χ1) is 11.4. The van der Waals surface area contributed by atoms with Gasteiger partial charge in [0.05, 0.1) is 0 Å². The maximum Gasteiger partial charge on any atom is 0.239 e. The summed E-state index contributed by atoms with van der Waals surface area (Å²) in [7, 11) is 0. The molecule has 0 saturated carbocycles. The van der Waals surface area contributed by atoms with Crippen LogP contribution < -0.4 is 10.2 Å². The lowest BCUT2D eigenvalue weighted by Gasteiger charge is -2.24. The largest absolute Gasteiger partial charge is 0.352 e. The molecule has 24 heavy (non-hydrogen) atoms. The van der Waals surface area contributed by atoms with Crippen LogP contribution in [0.5, 0.6) is 0 Å². The molecule has 1 aliphatic rings. The van der Waals surface area contributed by atoms with E-state index in [1.807, 2.05) is 32.6 Å². The summed E-state index contributed by atoms with van der Waals surface area (Å²) >= 11 is 0.980. The molecule has 8 nitrogen and oxygen atoms in total. The topological polar surface area (TPSA) is 91.3 Å². The van der Waals surface area contributed by atoms with E-state index in [0.29, 0.717) is 36.3 Å². The molecule has 1 aliphatic heterocycles. The molecule has 0 spiro atoms. The molecule has 1 fully saturated rings. The van der Waals surface area contributed by atoms with E-state index in [9.17, 15) is 9.59 Å². The fraction of sp³-hybridized carbons (Fsp3) is 0.667. The van der Waals surface area contributed by atoms with Gasteiger partial charge in [-0.15, -0.1) is 0 Å². The van der Waals surface area contributed by atoms with Gasteiger partial charge in [-0.1, -0.05) is 0 Å². The van der Waals surface area contributed by atoms with Crippen molar-refractivity contribution >= 4 is 35.7 Å². The van der Waals surface area contributed by atoms with Crippen molar-refractivity contribution in [3.05, 3.63) is 0 Å². The molecule has 0 aliphatic carbocycles. The van der Waals surface area contributed by atoms with Gasteiger partial charge in [-0.25, -0.2) is 4.31 Å². The van der Waals surface area contributed by atoms with Crippen molar-refractivity contribution < 1.29 is 9.59 Å². The number of hydrogen-bond donors (Lipinski definition) is 1. The van der Waals surface area contributed by atoms with Gasteiger partial charge in [-0.2, -0.15) is 15.0 Å². The van der Waals surface area contributed by atoms with Crippen LogP contribution in [0, 0.1) is 0 Å². The third kappa shape index (κ3) is 4.56. The summed E-state index contributed by atoms with van der Waals surface area (Å²) in [5.41, 5.74) is 0. The average Bonchev–Trinajstić information content (AvgIpc) is 2.51. The summed E-state index contributed by atoms with van der Waals surface area (Å²) in [6, 6.07) is 0.160. The third-order valence-electron chi connectivity index (χ3n) is 3.47. The zero-order valence-electron chi connectivity index (χ0n) is 14.6. The number of carbonyl (C=O) groups excluding carboxylic acids is 2. The van der Waals surface area contributed by atoms with E-state index < -0.39 is 0 Å².